The largest absolute Gasteiger partial charge is 0.483 e. The van der Waals surface area contributed by atoms with Crippen LogP contribution in [-0.4, -0.2) is 56.3 Å². The predicted molar refractivity (Wildman–Crippen MR) is 113 cm³/mol. The molecule has 3 aromatic heterocycles. The first kappa shape index (κ1) is 20.4. The molecule has 0 radical (unpaired) electrons. The van der Waals surface area contributed by atoms with Crippen molar-refractivity contribution < 1.29 is 18.3 Å². The molecule has 0 aromatic carbocycles. The van der Waals surface area contributed by atoms with E-state index in [1.165, 1.54) is 28.6 Å². The lowest BCUT2D eigenvalue weighted by Gasteiger charge is -2.41. The number of likely N-dealkylation sites (tertiary alicyclic amines) is 1. The van der Waals surface area contributed by atoms with Gasteiger partial charge in [-0.15, -0.1) is 11.3 Å². The number of thiazole rings is 1. The van der Waals surface area contributed by atoms with Gasteiger partial charge in [-0.2, -0.15) is 5.10 Å². The zero-order valence-corrected chi connectivity index (χ0v) is 17.8. The van der Waals surface area contributed by atoms with E-state index >= 15 is 0 Å². The highest BCUT2D eigenvalue weighted by molar-refractivity contribution is 7.13. The van der Waals surface area contributed by atoms with Crippen molar-refractivity contribution in [3.05, 3.63) is 59.1 Å². The fourth-order valence-corrected chi connectivity index (χ4v) is 4.43. The minimum absolute atomic E-state index is 0.0859. The van der Waals surface area contributed by atoms with Gasteiger partial charge >= 0.3 is 6.03 Å². The average Bonchev–Trinajstić information content (AvgIpc) is 3.40. The number of aryl methyl sites for hydroxylation is 1. The third kappa shape index (κ3) is 3.79. The maximum Gasteiger partial charge on any atom is 0.341 e. The van der Waals surface area contributed by atoms with E-state index in [1.807, 2.05) is 6.92 Å². The summed E-state index contributed by atoms with van der Waals surface area (Å²) in [5, 5.41) is 5.47. The quantitative estimate of drug-likeness (QED) is 0.596. The van der Waals surface area contributed by atoms with E-state index in [1.54, 1.807) is 22.7 Å². The first-order valence-corrected chi connectivity index (χ1v) is 10.8. The molecule has 32 heavy (non-hydrogen) atoms. The van der Waals surface area contributed by atoms with Crippen LogP contribution in [0.25, 0.3) is 10.6 Å². The standard InChI is InChI=1S/C21H18F2N6O2S/c1-12-20(32-11-26-12)17-5-19(16(23)8-25-17)31-15-9-28(10-15)21(30)29-18(2-3-27-29)13-4-14(22)7-24-6-13/h3-8,11,15,18H,2,9-10H2,1H3. The van der Waals surface area contributed by atoms with Gasteiger partial charge in [-0.1, -0.05) is 0 Å². The lowest BCUT2D eigenvalue weighted by Crippen LogP contribution is -2.58. The summed E-state index contributed by atoms with van der Waals surface area (Å²) < 4.78 is 33.6. The molecule has 0 saturated carbocycles. The molecule has 0 bridgehead atoms. The summed E-state index contributed by atoms with van der Waals surface area (Å²) in [5.74, 6) is -0.946. The number of ether oxygens (including phenoxy) is 1. The molecule has 5 rings (SSSR count). The number of hydrogen-bond acceptors (Lipinski definition) is 7. The smallest absolute Gasteiger partial charge is 0.341 e. The van der Waals surface area contributed by atoms with E-state index in [9.17, 15) is 13.6 Å². The summed E-state index contributed by atoms with van der Waals surface area (Å²) in [7, 11) is 0. The van der Waals surface area contributed by atoms with Crippen LogP contribution in [0.1, 0.15) is 23.7 Å². The van der Waals surface area contributed by atoms with Gasteiger partial charge in [0.15, 0.2) is 11.6 Å². The Balaban J connectivity index is 1.23. The number of nitrogens with zero attached hydrogens (tertiary/aromatic N) is 6. The van der Waals surface area contributed by atoms with E-state index in [0.29, 0.717) is 17.7 Å². The number of rotatable bonds is 4. The zero-order chi connectivity index (χ0) is 22.2. The van der Waals surface area contributed by atoms with Crippen molar-refractivity contribution in [2.24, 2.45) is 5.10 Å². The molecule has 8 nitrogen and oxygen atoms in total. The highest BCUT2D eigenvalue weighted by Gasteiger charge is 2.39. The molecule has 0 spiro atoms. The Bertz CT molecular complexity index is 1200. The van der Waals surface area contributed by atoms with Gasteiger partial charge in [0.25, 0.3) is 0 Å². The molecule has 1 atom stereocenters. The maximum atomic E-state index is 14.3. The lowest BCUT2D eigenvalue weighted by molar-refractivity contribution is 0.0256. The maximum absolute atomic E-state index is 14.3. The molecule has 2 amide bonds. The van der Waals surface area contributed by atoms with Crippen LogP contribution in [0.2, 0.25) is 0 Å². The monoisotopic (exact) mass is 456 g/mol. The van der Waals surface area contributed by atoms with Crippen LogP contribution in [0.3, 0.4) is 0 Å². The van der Waals surface area contributed by atoms with Gasteiger partial charge < -0.3 is 9.64 Å². The van der Waals surface area contributed by atoms with Crippen LogP contribution < -0.4 is 4.74 Å². The van der Waals surface area contributed by atoms with Crippen molar-refractivity contribution in [2.75, 3.05) is 13.1 Å². The summed E-state index contributed by atoms with van der Waals surface area (Å²) in [6.45, 7) is 2.44. The van der Waals surface area contributed by atoms with Gasteiger partial charge in [0.05, 0.1) is 53.3 Å². The molecule has 3 aromatic rings. The Morgan fingerprint density at radius 1 is 1.19 bits per heavy atom. The lowest BCUT2D eigenvalue weighted by atomic mass is 10.1. The summed E-state index contributed by atoms with van der Waals surface area (Å²) in [6.07, 6.45) is 5.51. The second-order valence-electron chi connectivity index (χ2n) is 7.52. The summed E-state index contributed by atoms with van der Waals surface area (Å²) in [4.78, 5) is 27.5. The van der Waals surface area contributed by atoms with Gasteiger partial charge in [-0.25, -0.2) is 23.6 Å². The van der Waals surface area contributed by atoms with E-state index in [4.69, 9.17) is 4.74 Å². The highest BCUT2D eigenvalue weighted by atomic mass is 32.1. The second kappa shape index (κ2) is 8.23. The molecule has 2 aliphatic rings. The van der Waals surface area contributed by atoms with Gasteiger partial charge in [0, 0.05) is 24.9 Å². The summed E-state index contributed by atoms with van der Waals surface area (Å²) in [5.41, 5.74) is 3.69. The van der Waals surface area contributed by atoms with Gasteiger partial charge in [-0.3, -0.25) is 9.97 Å². The van der Waals surface area contributed by atoms with E-state index in [-0.39, 0.29) is 31.0 Å². The second-order valence-corrected chi connectivity index (χ2v) is 8.38. The molecule has 2 aliphatic heterocycles. The Hall–Kier alpha value is -3.47. The van der Waals surface area contributed by atoms with Crippen molar-refractivity contribution in [1.29, 1.82) is 0 Å². The van der Waals surface area contributed by atoms with Crippen molar-refractivity contribution in [3.8, 4) is 16.3 Å². The fourth-order valence-electron chi connectivity index (χ4n) is 3.66. The van der Waals surface area contributed by atoms with Crippen molar-refractivity contribution in [1.82, 2.24) is 24.9 Å². The van der Waals surface area contributed by atoms with Crippen LogP contribution in [0.15, 0.2) is 41.3 Å². The van der Waals surface area contributed by atoms with Crippen LogP contribution >= 0.6 is 11.3 Å². The number of hydrogen-bond donors (Lipinski definition) is 0. The third-order valence-electron chi connectivity index (χ3n) is 5.35. The van der Waals surface area contributed by atoms with E-state index in [2.05, 4.69) is 20.1 Å². The van der Waals surface area contributed by atoms with Crippen LogP contribution in [-0.2, 0) is 0 Å². The molecule has 0 aliphatic carbocycles. The Morgan fingerprint density at radius 2 is 2.03 bits per heavy atom. The molecule has 5 heterocycles. The molecular formula is C21H18F2N6O2S. The Labute approximate surface area is 186 Å². The van der Waals surface area contributed by atoms with E-state index in [0.717, 1.165) is 23.0 Å². The topological polar surface area (TPSA) is 83.8 Å². The molecule has 11 heteroatoms. The van der Waals surface area contributed by atoms with Gasteiger partial charge in [-0.05, 0) is 18.6 Å². The Kier molecular flexibility index (Phi) is 5.25. The van der Waals surface area contributed by atoms with Crippen molar-refractivity contribution in [3.63, 3.8) is 0 Å². The number of halogens is 2. The molecule has 0 N–H and O–H groups in total. The molecule has 164 valence electrons. The van der Waals surface area contributed by atoms with Crippen LogP contribution in [0.5, 0.6) is 5.75 Å². The van der Waals surface area contributed by atoms with Gasteiger partial charge in [0.1, 0.15) is 11.9 Å². The number of pyridine rings is 2. The molecule has 1 fully saturated rings. The average molecular weight is 456 g/mol. The van der Waals surface area contributed by atoms with Crippen molar-refractivity contribution in [2.45, 2.75) is 25.5 Å². The molecule has 1 saturated heterocycles. The highest BCUT2D eigenvalue weighted by Crippen LogP contribution is 2.32. The Morgan fingerprint density at radius 3 is 2.78 bits per heavy atom. The number of carbonyl (C=O) groups is 1. The number of aromatic nitrogens is 3. The number of amides is 2. The molecular weight excluding hydrogens is 438 g/mol. The minimum atomic E-state index is -0.566. The summed E-state index contributed by atoms with van der Waals surface area (Å²) in [6, 6.07) is 2.18. The minimum Gasteiger partial charge on any atom is -0.483 e. The third-order valence-corrected chi connectivity index (χ3v) is 6.30. The number of urea groups is 1. The van der Waals surface area contributed by atoms with E-state index < -0.39 is 17.7 Å². The fraction of sp³-hybridized carbons (Fsp3) is 0.286. The van der Waals surface area contributed by atoms with Crippen LogP contribution in [0, 0.1) is 18.6 Å². The molecule has 1 unspecified atom stereocenters. The predicted octanol–water partition coefficient (Wildman–Crippen LogP) is 3.80. The van der Waals surface area contributed by atoms with Gasteiger partial charge in [0.2, 0.25) is 0 Å². The first-order chi connectivity index (χ1) is 15.5. The van der Waals surface area contributed by atoms with Crippen molar-refractivity contribution >= 4 is 23.6 Å². The number of hydrazone groups is 1. The van der Waals surface area contributed by atoms with Crippen LogP contribution in [0.4, 0.5) is 13.6 Å². The zero-order valence-electron chi connectivity index (χ0n) is 17.0. The normalized spacial score (nSPS) is 18.2. The SMILES string of the molecule is Cc1ncsc1-c1cc(OC2CN(C(=O)N3N=CCC3c3cncc(F)c3)C2)c(F)cn1. The number of carbonyl (C=O) groups excluding carboxylic acids is 1. The first-order valence-electron chi connectivity index (χ1n) is 9.93. The summed E-state index contributed by atoms with van der Waals surface area (Å²) >= 11 is 1.42.